The minimum Gasteiger partial charge on any atom is -0.487 e. The third-order valence-corrected chi connectivity index (χ3v) is 5.92. The molecule has 0 fully saturated rings. The summed E-state index contributed by atoms with van der Waals surface area (Å²) in [5.74, 6) is 0.853. The lowest BCUT2D eigenvalue weighted by molar-refractivity contribution is 0.302. The average molecular weight is 409 g/mol. The molecule has 3 heterocycles. The van der Waals surface area contributed by atoms with Crippen molar-refractivity contribution in [3.63, 3.8) is 0 Å². The molecule has 0 aliphatic carbocycles. The van der Waals surface area contributed by atoms with E-state index < -0.39 is 0 Å². The molecule has 0 aliphatic heterocycles. The van der Waals surface area contributed by atoms with Crippen LogP contribution in [0.5, 0.6) is 5.75 Å². The molecule has 142 valence electrons. The number of pyridine rings is 1. The zero-order chi connectivity index (χ0) is 19.2. The van der Waals surface area contributed by atoms with E-state index in [9.17, 15) is 0 Å². The number of hydrogen-bond acceptors (Lipinski definition) is 7. The first-order valence-electron chi connectivity index (χ1n) is 8.96. The van der Waals surface area contributed by atoms with Gasteiger partial charge in [-0.2, -0.15) is 0 Å². The number of nitrogens with one attached hydrogen (secondary N) is 1. The van der Waals surface area contributed by atoms with Gasteiger partial charge in [0.05, 0.1) is 22.9 Å². The fourth-order valence-corrected chi connectivity index (χ4v) is 4.06. The lowest BCUT2D eigenvalue weighted by atomic mass is 10.2. The quantitative estimate of drug-likeness (QED) is 0.440. The molecule has 0 amide bonds. The summed E-state index contributed by atoms with van der Waals surface area (Å²) < 4.78 is 5.76. The van der Waals surface area contributed by atoms with Crippen molar-refractivity contribution >= 4 is 22.7 Å². The highest BCUT2D eigenvalue weighted by Crippen LogP contribution is 2.25. The molecule has 0 unspecified atom stereocenters. The Morgan fingerprint density at radius 3 is 2.79 bits per heavy atom. The SMILES string of the molecule is C[C@H](NCc1ccc(OCc2cscn2)cc1)c1nc(-c2cccnc2)cs1. The van der Waals surface area contributed by atoms with E-state index in [1.165, 1.54) is 5.56 Å². The van der Waals surface area contributed by atoms with Crippen LogP contribution in [0.3, 0.4) is 0 Å². The molecule has 3 aromatic heterocycles. The van der Waals surface area contributed by atoms with Crippen molar-refractivity contribution in [2.24, 2.45) is 0 Å². The van der Waals surface area contributed by atoms with Gasteiger partial charge in [-0.3, -0.25) is 4.98 Å². The number of aromatic nitrogens is 3. The normalized spacial score (nSPS) is 12.0. The molecule has 0 saturated carbocycles. The second-order valence-corrected chi connectivity index (χ2v) is 7.94. The molecule has 0 radical (unpaired) electrons. The molecule has 1 N–H and O–H groups in total. The van der Waals surface area contributed by atoms with Gasteiger partial charge in [0.2, 0.25) is 0 Å². The van der Waals surface area contributed by atoms with E-state index in [4.69, 9.17) is 9.72 Å². The van der Waals surface area contributed by atoms with Crippen LogP contribution in [0.4, 0.5) is 0 Å². The maximum Gasteiger partial charge on any atom is 0.131 e. The smallest absolute Gasteiger partial charge is 0.131 e. The summed E-state index contributed by atoms with van der Waals surface area (Å²) in [5.41, 5.74) is 6.00. The molecule has 4 rings (SSSR count). The number of rotatable bonds is 8. The Hall–Kier alpha value is -2.61. The van der Waals surface area contributed by atoms with Gasteiger partial charge in [-0.05, 0) is 36.8 Å². The van der Waals surface area contributed by atoms with Crippen LogP contribution in [-0.2, 0) is 13.2 Å². The summed E-state index contributed by atoms with van der Waals surface area (Å²) in [6.07, 6.45) is 3.62. The molecule has 1 aromatic carbocycles. The Balaban J connectivity index is 1.30. The molecule has 0 bridgehead atoms. The highest BCUT2D eigenvalue weighted by atomic mass is 32.1. The first kappa shape index (κ1) is 18.7. The fourth-order valence-electron chi connectivity index (χ4n) is 2.66. The number of thiazole rings is 2. The van der Waals surface area contributed by atoms with E-state index in [1.807, 2.05) is 41.4 Å². The highest BCUT2D eigenvalue weighted by Gasteiger charge is 2.11. The van der Waals surface area contributed by atoms with E-state index in [1.54, 1.807) is 28.9 Å². The van der Waals surface area contributed by atoms with Crippen molar-refractivity contribution in [1.82, 2.24) is 20.3 Å². The fraction of sp³-hybridized carbons (Fsp3) is 0.190. The summed E-state index contributed by atoms with van der Waals surface area (Å²) >= 11 is 3.25. The second kappa shape index (κ2) is 9.05. The average Bonchev–Trinajstić information content (AvgIpc) is 3.44. The van der Waals surface area contributed by atoms with Crippen molar-refractivity contribution in [2.45, 2.75) is 26.1 Å². The number of benzene rings is 1. The largest absolute Gasteiger partial charge is 0.487 e. The first-order valence-corrected chi connectivity index (χ1v) is 10.8. The Bertz CT molecular complexity index is 985. The molecule has 7 heteroatoms. The summed E-state index contributed by atoms with van der Waals surface area (Å²) in [5, 5.41) is 8.69. The van der Waals surface area contributed by atoms with Crippen LogP contribution in [0.15, 0.2) is 65.1 Å². The highest BCUT2D eigenvalue weighted by molar-refractivity contribution is 7.10. The van der Waals surface area contributed by atoms with E-state index in [0.717, 1.165) is 34.3 Å². The van der Waals surface area contributed by atoms with Crippen molar-refractivity contribution in [3.8, 4) is 17.0 Å². The minimum absolute atomic E-state index is 0.177. The van der Waals surface area contributed by atoms with Crippen LogP contribution >= 0.6 is 22.7 Å². The van der Waals surface area contributed by atoms with E-state index >= 15 is 0 Å². The van der Waals surface area contributed by atoms with Gasteiger partial charge in [0.1, 0.15) is 17.4 Å². The predicted octanol–water partition coefficient (Wildman–Crippen LogP) is 5.09. The summed E-state index contributed by atoms with van der Waals surface area (Å²) in [6, 6.07) is 12.3. The van der Waals surface area contributed by atoms with Gasteiger partial charge in [0, 0.05) is 35.3 Å². The van der Waals surface area contributed by atoms with Gasteiger partial charge in [0.25, 0.3) is 0 Å². The van der Waals surface area contributed by atoms with Crippen LogP contribution < -0.4 is 10.1 Å². The number of ether oxygens (including phenoxy) is 1. The maximum atomic E-state index is 5.76. The maximum absolute atomic E-state index is 5.76. The zero-order valence-corrected chi connectivity index (χ0v) is 17.0. The second-order valence-electron chi connectivity index (χ2n) is 6.33. The molecular weight excluding hydrogens is 388 g/mol. The summed E-state index contributed by atoms with van der Waals surface area (Å²) in [4.78, 5) is 13.1. The summed E-state index contributed by atoms with van der Waals surface area (Å²) in [6.45, 7) is 3.41. The van der Waals surface area contributed by atoms with Crippen LogP contribution in [0, 0.1) is 0 Å². The Morgan fingerprint density at radius 2 is 2.04 bits per heavy atom. The van der Waals surface area contributed by atoms with Gasteiger partial charge >= 0.3 is 0 Å². The van der Waals surface area contributed by atoms with Crippen molar-refractivity contribution in [1.29, 1.82) is 0 Å². The van der Waals surface area contributed by atoms with Crippen molar-refractivity contribution in [3.05, 3.63) is 81.3 Å². The Morgan fingerprint density at radius 1 is 1.14 bits per heavy atom. The molecule has 0 aliphatic rings. The van der Waals surface area contributed by atoms with Crippen LogP contribution in [0.1, 0.15) is 29.2 Å². The Labute approximate surface area is 172 Å². The molecular formula is C21H20N4OS2. The third-order valence-electron chi connectivity index (χ3n) is 4.26. The number of hydrogen-bond donors (Lipinski definition) is 1. The molecule has 0 saturated heterocycles. The summed E-state index contributed by atoms with van der Waals surface area (Å²) in [7, 11) is 0. The third kappa shape index (κ3) is 4.81. The lowest BCUT2D eigenvalue weighted by Gasteiger charge is -2.12. The first-order chi connectivity index (χ1) is 13.8. The van der Waals surface area contributed by atoms with Gasteiger partial charge in [0.15, 0.2) is 0 Å². The van der Waals surface area contributed by atoms with E-state index in [0.29, 0.717) is 6.61 Å². The lowest BCUT2D eigenvalue weighted by Crippen LogP contribution is -2.17. The van der Waals surface area contributed by atoms with Crippen molar-refractivity contribution in [2.75, 3.05) is 0 Å². The monoisotopic (exact) mass is 408 g/mol. The standard InChI is InChI=1S/C21H20N4OS2/c1-15(21-25-20(13-28-21)17-3-2-8-22-10-17)23-9-16-4-6-19(7-5-16)26-11-18-12-27-14-24-18/h2-8,10,12-15,23H,9,11H2,1H3/t15-/m0/s1. The Kier molecular flexibility index (Phi) is 6.06. The number of nitrogens with zero attached hydrogens (tertiary/aromatic N) is 3. The van der Waals surface area contributed by atoms with E-state index in [-0.39, 0.29) is 6.04 Å². The van der Waals surface area contributed by atoms with Gasteiger partial charge in [-0.15, -0.1) is 22.7 Å². The molecule has 28 heavy (non-hydrogen) atoms. The topological polar surface area (TPSA) is 59.9 Å². The molecule has 5 nitrogen and oxygen atoms in total. The van der Waals surface area contributed by atoms with Crippen molar-refractivity contribution < 1.29 is 4.74 Å². The van der Waals surface area contributed by atoms with Gasteiger partial charge < -0.3 is 10.1 Å². The molecule has 4 aromatic rings. The van der Waals surface area contributed by atoms with Gasteiger partial charge in [-0.1, -0.05) is 12.1 Å². The molecule has 0 spiro atoms. The zero-order valence-electron chi connectivity index (χ0n) is 15.4. The predicted molar refractivity (Wildman–Crippen MR) is 113 cm³/mol. The van der Waals surface area contributed by atoms with Crippen LogP contribution in [0.25, 0.3) is 11.3 Å². The van der Waals surface area contributed by atoms with E-state index in [2.05, 4.69) is 39.7 Å². The molecule has 1 atom stereocenters. The van der Waals surface area contributed by atoms with Crippen LogP contribution in [0.2, 0.25) is 0 Å². The van der Waals surface area contributed by atoms with Gasteiger partial charge in [-0.25, -0.2) is 9.97 Å². The van der Waals surface area contributed by atoms with Crippen LogP contribution in [-0.4, -0.2) is 15.0 Å². The minimum atomic E-state index is 0.177.